The Morgan fingerprint density at radius 1 is 1.27 bits per heavy atom. The molecule has 1 aromatic heterocycles. The molecule has 3 rings (SSSR count). The van der Waals surface area contributed by atoms with Crippen molar-refractivity contribution in [2.24, 2.45) is 0 Å². The van der Waals surface area contributed by atoms with Crippen molar-refractivity contribution in [2.75, 3.05) is 13.1 Å². The monoisotopic (exact) mass is 410 g/mol. The largest absolute Gasteiger partial charge is 0.332 e. The lowest BCUT2D eigenvalue weighted by Crippen LogP contribution is -2.42. The molecule has 0 saturated heterocycles. The van der Waals surface area contributed by atoms with Gasteiger partial charge in [-0.25, -0.2) is 12.7 Å². The molecule has 0 bridgehead atoms. The molecule has 0 radical (unpaired) electrons. The first-order valence-electron chi connectivity index (χ1n) is 7.63. The first-order valence-corrected chi connectivity index (χ1v) is 10.3. The van der Waals surface area contributed by atoms with Gasteiger partial charge in [0.2, 0.25) is 5.91 Å². The molecule has 6 nitrogen and oxygen atoms in total. The summed E-state index contributed by atoms with van der Waals surface area (Å²) < 4.78 is 26.4. The second-order valence-electron chi connectivity index (χ2n) is 5.58. The van der Waals surface area contributed by atoms with E-state index in [-0.39, 0.29) is 23.5 Å². The minimum atomic E-state index is -4.02. The predicted molar refractivity (Wildman–Crippen MR) is 99.6 cm³/mol. The van der Waals surface area contributed by atoms with Gasteiger partial charge in [0, 0.05) is 11.4 Å². The summed E-state index contributed by atoms with van der Waals surface area (Å²) in [7, 11) is -4.02. The number of rotatable bonds is 6. The van der Waals surface area contributed by atoms with E-state index < -0.39 is 28.4 Å². The van der Waals surface area contributed by atoms with Crippen molar-refractivity contribution in [2.45, 2.75) is 11.4 Å². The lowest BCUT2D eigenvalue weighted by atomic mass is 10.2. The Balaban J connectivity index is 1.81. The number of hydrogen-bond donors (Lipinski definition) is 0. The molecule has 0 atom stereocenters. The van der Waals surface area contributed by atoms with E-state index in [4.69, 9.17) is 11.6 Å². The molecule has 0 spiro atoms. The van der Waals surface area contributed by atoms with Gasteiger partial charge in [0.1, 0.15) is 11.4 Å². The number of carbonyl (C=O) groups excluding carboxylic acids is 2. The third-order valence-corrected chi connectivity index (χ3v) is 6.87. The van der Waals surface area contributed by atoms with E-state index in [1.54, 1.807) is 30.3 Å². The van der Waals surface area contributed by atoms with Crippen molar-refractivity contribution in [1.82, 2.24) is 9.21 Å². The van der Waals surface area contributed by atoms with Crippen LogP contribution in [0.3, 0.4) is 0 Å². The maximum atomic E-state index is 12.7. The summed E-state index contributed by atoms with van der Waals surface area (Å²) in [5.41, 5.74) is 0.0839. The number of halogens is 1. The smallest absolute Gasteiger partial charge is 0.269 e. The summed E-state index contributed by atoms with van der Waals surface area (Å²) >= 11 is 7.24. The Hall–Kier alpha value is -2.16. The average molecular weight is 411 g/mol. The predicted octanol–water partition coefficient (Wildman–Crippen LogP) is 2.76. The first-order chi connectivity index (χ1) is 12.3. The zero-order chi connectivity index (χ0) is 18.9. The number of sulfonamides is 1. The lowest BCUT2D eigenvalue weighted by molar-refractivity contribution is -0.131. The minimum Gasteiger partial charge on any atom is -0.332 e. The van der Waals surface area contributed by atoms with Crippen LogP contribution in [0.2, 0.25) is 4.34 Å². The van der Waals surface area contributed by atoms with Crippen LogP contribution in [0.1, 0.15) is 15.2 Å². The Morgan fingerprint density at radius 2 is 2.00 bits per heavy atom. The highest BCUT2D eigenvalue weighted by Crippen LogP contribution is 2.30. The minimum absolute atomic E-state index is 0.0712. The SMILES string of the molecule is C=CCN(Cc1ccc(Cl)s1)C(=O)CN1C(=O)c2ccccc2S1(=O)=O. The van der Waals surface area contributed by atoms with Crippen LogP contribution >= 0.6 is 22.9 Å². The highest BCUT2D eigenvalue weighted by Gasteiger charge is 2.42. The van der Waals surface area contributed by atoms with Crippen molar-refractivity contribution in [3.8, 4) is 0 Å². The number of hydrogen-bond acceptors (Lipinski definition) is 5. The number of amides is 2. The lowest BCUT2D eigenvalue weighted by Gasteiger charge is -2.23. The molecule has 0 aliphatic carbocycles. The Morgan fingerprint density at radius 3 is 2.62 bits per heavy atom. The molecule has 9 heteroatoms. The summed E-state index contributed by atoms with van der Waals surface area (Å²) in [4.78, 5) is 27.3. The van der Waals surface area contributed by atoms with Crippen LogP contribution in [0.4, 0.5) is 0 Å². The highest BCUT2D eigenvalue weighted by molar-refractivity contribution is 7.90. The number of thiophene rings is 1. The van der Waals surface area contributed by atoms with Crippen molar-refractivity contribution >= 4 is 44.8 Å². The quantitative estimate of drug-likeness (QED) is 0.686. The standard InChI is InChI=1S/C17H15ClN2O4S2/c1-2-9-19(10-12-7-8-15(18)25-12)16(21)11-20-17(22)13-5-3-4-6-14(13)26(20,23)24/h2-8H,1,9-11H2. The molecule has 136 valence electrons. The molecule has 2 aromatic rings. The second kappa shape index (κ2) is 7.22. The van der Waals surface area contributed by atoms with E-state index in [1.165, 1.54) is 28.4 Å². The highest BCUT2D eigenvalue weighted by atomic mass is 35.5. The number of benzene rings is 1. The van der Waals surface area contributed by atoms with Gasteiger partial charge in [0.15, 0.2) is 0 Å². The summed E-state index contributed by atoms with van der Waals surface area (Å²) in [6, 6.07) is 9.45. The van der Waals surface area contributed by atoms with E-state index in [9.17, 15) is 18.0 Å². The second-order valence-corrected chi connectivity index (χ2v) is 9.21. The van der Waals surface area contributed by atoms with Gasteiger partial charge in [-0.2, -0.15) is 0 Å². The van der Waals surface area contributed by atoms with Crippen LogP contribution in [0.25, 0.3) is 0 Å². The zero-order valence-corrected chi connectivity index (χ0v) is 16.0. The third kappa shape index (κ3) is 3.40. The molecule has 2 amide bonds. The first kappa shape index (κ1) is 18.6. The molecule has 26 heavy (non-hydrogen) atoms. The van der Waals surface area contributed by atoms with Crippen LogP contribution < -0.4 is 0 Å². The molecule has 0 N–H and O–H groups in total. The van der Waals surface area contributed by atoms with Crippen LogP contribution in [-0.4, -0.2) is 42.5 Å². The molecule has 0 fully saturated rings. The van der Waals surface area contributed by atoms with Gasteiger partial charge < -0.3 is 4.90 Å². The maximum Gasteiger partial charge on any atom is 0.269 e. The molecule has 1 aliphatic rings. The fourth-order valence-corrected chi connectivity index (χ4v) is 5.27. The maximum absolute atomic E-state index is 12.7. The Labute approximate surface area is 160 Å². The molecule has 1 aliphatic heterocycles. The van der Waals surface area contributed by atoms with Crippen molar-refractivity contribution in [3.63, 3.8) is 0 Å². The Bertz CT molecular complexity index is 984. The van der Waals surface area contributed by atoms with Crippen LogP contribution in [-0.2, 0) is 21.4 Å². The van der Waals surface area contributed by atoms with Gasteiger partial charge >= 0.3 is 0 Å². The zero-order valence-electron chi connectivity index (χ0n) is 13.6. The van der Waals surface area contributed by atoms with Crippen LogP contribution in [0, 0.1) is 0 Å². The molecule has 1 aromatic carbocycles. The van der Waals surface area contributed by atoms with Gasteiger partial charge in [-0.15, -0.1) is 17.9 Å². The molecular weight excluding hydrogens is 396 g/mol. The van der Waals surface area contributed by atoms with E-state index in [0.717, 1.165) is 4.88 Å². The van der Waals surface area contributed by atoms with Crippen LogP contribution in [0.5, 0.6) is 0 Å². The summed E-state index contributed by atoms with van der Waals surface area (Å²) in [5.74, 6) is -1.18. The Kier molecular flexibility index (Phi) is 5.17. The fourth-order valence-electron chi connectivity index (χ4n) is 2.65. The van der Waals surface area contributed by atoms with Crippen molar-refractivity contribution in [3.05, 3.63) is 63.8 Å². The van der Waals surface area contributed by atoms with Gasteiger partial charge in [-0.3, -0.25) is 9.59 Å². The van der Waals surface area contributed by atoms with E-state index in [0.29, 0.717) is 8.64 Å². The van der Waals surface area contributed by atoms with E-state index >= 15 is 0 Å². The number of nitrogens with zero attached hydrogens (tertiary/aromatic N) is 2. The van der Waals surface area contributed by atoms with E-state index in [2.05, 4.69) is 6.58 Å². The molecule has 2 heterocycles. The fraction of sp³-hybridized carbons (Fsp3) is 0.176. The van der Waals surface area contributed by atoms with E-state index in [1.807, 2.05) is 0 Å². The van der Waals surface area contributed by atoms with Gasteiger partial charge in [-0.05, 0) is 24.3 Å². The summed E-state index contributed by atoms with van der Waals surface area (Å²) in [6.07, 6.45) is 1.54. The molecule has 0 saturated carbocycles. The van der Waals surface area contributed by atoms with Crippen LogP contribution in [0.15, 0.2) is 53.9 Å². The van der Waals surface area contributed by atoms with Crippen molar-refractivity contribution in [1.29, 1.82) is 0 Å². The summed E-state index contributed by atoms with van der Waals surface area (Å²) in [5, 5.41) is 0. The van der Waals surface area contributed by atoms with Crippen molar-refractivity contribution < 1.29 is 18.0 Å². The topological polar surface area (TPSA) is 74.8 Å². The molecule has 0 unspecified atom stereocenters. The van der Waals surface area contributed by atoms with Gasteiger partial charge in [0.05, 0.1) is 16.4 Å². The number of fused-ring (bicyclic) bond motifs is 1. The molecular formula is C17H15ClN2O4S2. The van der Waals surface area contributed by atoms with Gasteiger partial charge in [-0.1, -0.05) is 29.8 Å². The summed E-state index contributed by atoms with van der Waals surface area (Å²) in [6.45, 7) is 3.56. The number of carbonyl (C=O) groups is 2. The van der Waals surface area contributed by atoms with Gasteiger partial charge in [0.25, 0.3) is 15.9 Å². The average Bonchev–Trinajstić information content (AvgIpc) is 3.10. The third-order valence-electron chi connectivity index (χ3n) is 3.87. The normalized spacial score (nSPS) is 15.0.